The van der Waals surface area contributed by atoms with Gasteiger partial charge in [-0.25, -0.2) is 4.79 Å². The van der Waals surface area contributed by atoms with E-state index in [0.29, 0.717) is 13.0 Å². The average molecular weight is 340 g/mol. The minimum Gasteiger partial charge on any atom is -0.478 e. The standard InChI is InChI=1S/C19H20N2O4/c22-17(13-5-2-1-3-6-13)12-15-7-4-10-21(15)18(23)16-11-14(19(24)25)8-9-20-16/h1-3,5-6,8-9,11,15,17,22H,4,7,10,12H2,(H,24,25). The first-order valence-electron chi connectivity index (χ1n) is 8.29. The molecule has 2 unspecified atom stereocenters. The van der Waals surface area contributed by atoms with Gasteiger partial charge in [0.2, 0.25) is 0 Å². The van der Waals surface area contributed by atoms with Crippen LogP contribution in [0.2, 0.25) is 0 Å². The second kappa shape index (κ2) is 7.44. The second-order valence-corrected chi connectivity index (χ2v) is 6.19. The van der Waals surface area contributed by atoms with E-state index < -0.39 is 12.1 Å². The van der Waals surface area contributed by atoms with Gasteiger partial charge < -0.3 is 15.1 Å². The number of carboxylic acid groups (broad SMARTS) is 1. The van der Waals surface area contributed by atoms with Crippen molar-refractivity contribution in [2.75, 3.05) is 6.54 Å². The number of hydrogen-bond acceptors (Lipinski definition) is 4. The molecular formula is C19H20N2O4. The summed E-state index contributed by atoms with van der Waals surface area (Å²) in [6.45, 7) is 0.587. The molecule has 2 aromatic rings. The molecule has 25 heavy (non-hydrogen) atoms. The summed E-state index contributed by atoms with van der Waals surface area (Å²) >= 11 is 0. The van der Waals surface area contributed by atoms with Crippen molar-refractivity contribution < 1.29 is 19.8 Å². The van der Waals surface area contributed by atoms with Gasteiger partial charge in [0.15, 0.2) is 0 Å². The molecular weight excluding hydrogens is 320 g/mol. The predicted octanol–water partition coefficient (Wildman–Crippen LogP) is 2.51. The molecule has 2 N–H and O–H groups in total. The Morgan fingerprint density at radius 2 is 2.00 bits per heavy atom. The molecule has 6 heteroatoms. The lowest BCUT2D eigenvalue weighted by atomic mass is 10.0. The molecule has 1 amide bonds. The molecule has 1 aromatic heterocycles. The number of aliphatic hydroxyl groups excluding tert-OH is 1. The largest absolute Gasteiger partial charge is 0.478 e. The van der Waals surface area contributed by atoms with Gasteiger partial charge >= 0.3 is 5.97 Å². The Kier molecular flexibility index (Phi) is 5.09. The lowest BCUT2D eigenvalue weighted by Gasteiger charge is -2.26. The molecule has 2 atom stereocenters. The number of carbonyl (C=O) groups is 2. The number of aromatic nitrogens is 1. The molecule has 0 saturated carbocycles. The molecule has 1 aliphatic rings. The number of pyridine rings is 1. The molecule has 6 nitrogen and oxygen atoms in total. The van der Waals surface area contributed by atoms with Crippen molar-refractivity contribution in [1.82, 2.24) is 9.88 Å². The van der Waals surface area contributed by atoms with Crippen LogP contribution in [0, 0.1) is 0 Å². The third-order valence-electron chi connectivity index (χ3n) is 4.54. The molecule has 1 aromatic carbocycles. The number of nitrogens with zero attached hydrogens (tertiary/aromatic N) is 2. The Labute approximate surface area is 145 Å². The molecule has 0 radical (unpaired) electrons. The Balaban J connectivity index is 1.74. The minimum absolute atomic E-state index is 0.0402. The van der Waals surface area contributed by atoms with Crippen molar-refractivity contribution in [3.63, 3.8) is 0 Å². The SMILES string of the molecule is O=C(O)c1ccnc(C(=O)N2CCCC2CC(O)c2ccccc2)c1. The fourth-order valence-corrected chi connectivity index (χ4v) is 3.24. The van der Waals surface area contributed by atoms with E-state index in [9.17, 15) is 14.7 Å². The van der Waals surface area contributed by atoms with Crippen molar-refractivity contribution in [1.29, 1.82) is 0 Å². The van der Waals surface area contributed by atoms with Crippen molar-refractivity contribution >= 4 is 11.9 Å². The van der Waals surface area contributed by atoms with Crippen LogP contribution < -0.4 is 0 Å². The van der Waals surface area contributed by atoms with Gasteiger partial charge in [-0.3, -0.25) is 9.78 Å². The number of carboxylic acids is 1. The number of likely N-dealkylation sites (tertiary alicyclic amines) is 1. The maximum atomic E-state index is 12.7. The number of aliphatic hydroxyl groups is 1. The highest BCUT2D eigenvalue weighted by Crippen LogP contribution is 2.28. The van der Waals surface area contributed by atoms with E-state index in [1.54, 1.807) is 4.90 Å². The summed E-state index contributed by atoms with van der Waals surface area (Å²) in [5.74, 6) is -1.38. The number of benzene rings is 1. The highest BCUT2D eigenvalue weighted by Gasteiger charge is 2.32. The van der Waals surface area contributed by atoms with Crippen LogP contribution in [0.15, 0.2) is 48.7 Å². The van der Waals surface area contributed by atoms with E-state index in [-0.39, 0.29) is 23.2 Å². The lowest BCUT2D eigenvalue weighted by Crippen LogP contribution is -2.37. The van der Waals surface area contributed by atoms with Crippen molar-refractivity contribution in [3.8, 4) is 0 Å². The lowest BCUT2D eigenvalue weighted by molar-refractivity contribution is 0.0661. The van der Waals surface area contributed by atoms with Gasteiger partial charge in [-0.2, -0.15) is 0 Å². The zero-order valence-electron chi connectivity index (χ0n) is 13.7. The van der Waals surface area contributed by atoms with Gasteiger partial charge in [0.05, 0.1) is 11.7 Å². The van der Waals surface area contributed by atoms with E-state index in [2.05, 4.69) is 4.98 Å². The van der Waals surface area contributed by atoms with Crippen molar-refractivity contribution in [3.05, 3.63) is 65.5 Å². The van der Waals surface area contributed by atoms with Crippen LogP contribution in [0.4, 0.5) is 0 Å². The second-order valence-electron chi connectivity index (χ2n) is 6.19. The first-order valence-corrected chi connectivity index (χ1v) is 8.29. The summed E-state index contributed by atoms with van der Waals surface area (Å²) in [7, 11) is 0. The summed E-state index contributed by atoms with van der Waals surface area (Å²) in [4.78, 5) is 29.5. The van der Waals surface area contributed by atoms with E-state index in [1.807, 2.05) is 30.3 Å². The predicted molar refractivity (Wildman–Crippen MR) is 91.3 cm³/mol. The highest BCUT2D eigenvalue weighted by atomic mass is 16.4. The van der Waals surface area contributed by atoms with Gasteiger partial charge in [-0.15, -0.1) is 0 Å². The van der Waals surface area contributed by atoms with E-state index in [0.717, 1.165) is 18.4 Å². The van der Waals surface area contributed by atoms with Crippen LogP contribution in [0.1, 0.15) is 51.8 Å². The molecule has 3 rings (SSSR count). The molecule has 1 saturated heterocycles. The number of carbonyl (C=O) groups excluding carboxylic acids is 1. The monoisotopic (exact) mass is 340 g/mol. The van der Waals surface area contributed by atoms with Gasteiger partial charge in [-0.05, 0) is 37.0 Å². The molecule has 0 aliphatic carbocycles. The van der Waals surface area contributed by atoms with Crippen LogP contribution in [-0.2, 0) is 0 Å². The van der Waals surface area contributed by atoms with Gasteiger partial charge in [-0.1, -0.05) is 30.3 Å². The maximum Gasteiger partial charge on any atom is 0.335 e. The van der Waals surface area contributed by atoms with Crippen molar-refractivity contribution in [2.24, 2.45) is 0 Å². The Hall–Kier alpha value is -2.73. The maximum absolute atomic E-state index is 12.7. The molecule has 1 aliphatic heterocycles. The zero-order chi connectivity index (χ0) is 17.8. The topological polar surface area (TPSA) is 90.7 Å². The van der Waals surface area contributed by atoms with Crippen LogP contribution in [0.5, 0.6) is 0 Å². The Morgan fingerprint density at radius 1 is 1.24 bits per heavy atom. The van der Waals surface area contributed by atoms with Gasteiger partial charge in [0, 0.05) is 18.8 Å². The summed E-state index contributed by atoms with van der Waals surface area (Å²) < 4.78 is 0. The Morgan fingerprint density at radius 3 is 2.72 bits per heavy atom. The third kappa shape index (κ3) is 3.85. The smallest absolute Gasteiger partial charge is 0.335 e. The summed E-state index contributed by atoms with van der Waals surface area (Å²) in [6, 6.07) is 11.9. The van der Waals surface area contributed by atoms with E-state index >= 15 is 0 Å². The summed E-state index contributed by atoms with van der Waals surface area (Å²) in [5, 5.41) is 19.5. The van der Waals surface area contributed by atoms with Crippen LogP contribution in [-0.4, -0.2) is 44.6 Å². The highest BCUT2D eigenvalue weighted by molar-refractivity contribution is 5.96. The average Bonchev–Trinajstić information content (AvgIpc) is 3.10. The van der Waals surface area contributed by atoms with Crippen molar-refractivity contribution in [2.45, 2.75) is 31.4 Å². The Bertz CT molecular complexity index is 763. The fourth-order valence-electron chi connectivity index (χ4n) is 3.24. The van der Waals surface area contributed by atoms with E-state index in [1.165, 1.54) is 18.3 Å². The number of aromatic carboxylic acids is 1. The fraction of sp³-hybridized carbons (Fsp3) is 0.316. The van der Waals surface area contributed by atoms with E-state index in [4.69, 9.17) is 5.11 Å². The molecule has 2 heterocycles. The number of hydrogen-bond donors (Lipinski definition) is 2. The molecule has 0 spiro atoms. The zero-order valence-corrected chi connectivity index (χ0v) is 13.7. The molecule has 1 fully saturated rings. The number of amides is 1. The first-order chi connectivity index (χ1) is 12.1. The van der Waals surface area contributed by atoms with Gasteiger partial charge in [0.1, 0.15) is 5.69 Å². The number of rotatable bonds is 5. The minimum atomic E-state index is -1.09. The van der Waals surface area contributed by atoms with Crippen LogP contribution >= 0.6 is 0 Å². The summed E-state index contributed by atoms with van der Waals surface area (Å²) in [6.07, 6.45) is 2.82. The van der Waals surface area contributed by atoms with Gasteiger partial charge in [0.25, 0.3) is 5.91 Å². The van der Waals surface area contributed by atoms with Crippen LogP contribution in [0.3, 0.4) is 0 Å². The third-order valence-corrected chi connectivity index (χ3v) is 4.54. The molecule has 130 valence electrons. The summed E-state index contributed by atoms with van der Waals surface area (Å²) in [5.41, 5.74) is 0.993. The first kappa shape index (κ1) is 17.1. The normalized spacial score (nSPS) is 18.1. The van der Waals surface area contributed by atoms with Crippen LogP contribution in [0.25, 0.3) is 0 Å². The quantitative estimate of drug-likeness (QED) is 0.873. The molecule has 0 bridgehead atoms.